The molecule has 0 aliphatic carbocycles. The van der Waals surface area contributed by atoms with Gasteiger partial charge in [-0.25, -0.2) is 0 Å². The third-order valence-corrected chi connectivity index (χ3v) is 3.97. The predicted molar refractivity (Wildman–Crippen MR) is 71.2 cm³/mol. The summed E-state index contributed by atoms with van der Waals surface area (Å²) < 4.78 is 1.16. The highest BCUT2D eigenvalue weighted by Gasteiger charge is 2.16. The van der Waals surface area contributed by atoms with Crippen LogP contribution in [0.3, 0.4) is 0 Å². The number of rotatable bonds is 6. The quantitative estimate of drug-likeness (QED) is 0.845. The molecule has 0 saturated heterocycles. The van der Waals surface area contributed by atoms with E-state index in [2.05, 4.69) is 46.5 Å². The molecule has 0 radical (unpaired) electrons. The van der Waals surface area contributed by atoms with Gasteiger partial charge in [-0.3, -0.25) is 0 Å². The second-order valence-electron chi connectivity index (χ2n) is 4.24. The molecule has 0 fully saturated rings. The Kier molecular flexibility index (Phi) is 5.26. The van der Waals surface area contributed by atoms with Gasteiger partial charge in [-0.15, -0.1) is 11.3 Å². The van der Waals surface area contributed by atoms with Gasteiger partial charge in [0, 0.05) is 33.4 Å². The SMILES string of the molecule is CCCC(C)(N)CNCc1cc(Br)cs1. The van der Waals surface area contributed by atoms with E-state index in [1.165, 1.54) is 4.88 Å². The van der Waals surface area contributed by atoms with Crippen molar-refractivity contribution >= 4 is 27.3 Å². The summed E-state index contributed by atoms with van der Waals surface area (Å²) >= 11 is 5.21. The van der Waals surface area contributed by atoms with Crippen LogP contribution in [-0.4, -0.2) is 12.1 Å². The largest absolute Gasteiger partial charge is 0.324 e. The van der Waals surface area contributed by atoms with E-state index in [4.69, 9.17) is 5.73 Å². The van der Waals surface area contributed by atoms with E-state index in [-0.39, 0.29) is 5.54 Å². The number of hydrogen-bond donors (Lipinski definition) is 2. The highest BCUT2D eigenvalue weighted by Crippen LogP contribution is 2.19. The Labute approximate surface area is 104 Å². The maximum atomic E-state index is 6.13. The minimum absolute atomic E-state index is 0.0801. The molecule has 86 valence electrons. The van der Waals surface area contributed by atoms with Crippen LogP contribution in [0.25, 0.3) is 0 Å². The standard InChI is InChI=1S/C11H19BrN2S/c1-3-4-11(2,13)8-14-6-10-5-9(12)7-15-10/h5,7,14H,3-4,6,8,13H2,1-2H3. The van der Waals surface area contributed by atoms with Gasteiger partial charge in [-0.1, -0.05) is 13.3 Å². The molecule has 0 amide bonds. The summed E-state index contributed by atoms with van der Waals surface area (Å²) in [7, 11) is 0. The van der Waals surface area contributed by atoms with Crippen molar-refractivity contribution in [2.45, 2.75) is 38.8 Å². The van der Waals surface area contributed by atoms with Crippen LogP contribution >= 0.6 is 27.3 Å². The minimum atomic E-state index is -0.0801. The molecular formula is C11H19BrN2S. The molecule has 15 heavy (non-hydrogen) atoms. The van der Waals surface area contributed by atoms with Gasteiger partial charge in [0.25, 0.3) is 0 Å². The average Bonchev–Trinajstić information content (AvgIpc) is 2.51. The first-order valence-electron chi connectivity index (χ1n) is 5.26. The van der Waals surface area contributed by atoms with Crippen molar-refractivity contribution in [2.24, 2.45) is 5.73 Å². The number of nitrogens with one attached hydrogen (secondary N) is 1. The molecule has 0 aliphatic heterocycles. The van der Waals surface area contributed by atoms with Crippen LogP contribution in [-0.2, 0) is 6.54 Å². The monoisotopic (exact) mass is 290 g/mol. The van der Waals surface area contributed by atoms with Crippen molar-refractivity contribution in [3.8, 4) is 0 Å². The highest BCUT2D eigenvalue weighted by molar-refractivity contribution is 9.10. The summed E-state index contributed by atoms with van der Waals surface area (Å²) in [6, 6.07) is 2.14. The topological polar surface area (TPSA) is 38.0 Å². The predicted octanol–water partition coefficient (Wildman–Crippen LogP) is 3.12. The van der Waals surface area contributed by atoms with E-state index in [9.17, 15) is 0 Å². The Balaban J connectivity index is 2.27. The van der Waals surface area contributed by atoms with Gasteiger partial charge in [0.05, 0.1) is 0 Å². The Morgan fingerprint density at radius 1 is 1.60 bits per heavy atom. The number of nitrogens with two attached hydrogens (primary N) is 1. The molecule has 1 rings (SSSR count). The van der Waals surface area contributed by atoms with Crippen molar-refractivity contribution in [1.29, 1.82) is 0 Å². The van der Waals surface area contributed by atoms with E-state index in [0.717, 1.165) is 30.4 Å². The van der Waals surface area contributed by atoms with Crippen LogP contribution in [0.15, 0.2) is 15.9 Å². The smallest absolute Gasteiger partial charge is 0.0300 e. The van der Waals surface area contributed by atoms with E-state index < -0.39 is 0 Å². The van der Waals surface area contributed by atoms with Gasteiger partial charge in [-0.2, -0.15) is 0 Å². The summed E-state index contributed by atoms with van der Waals surface area (Å²) in [6.07, 6.45) is 2.20. The zero-order valence-corrected chi connectivity index (χ0v) is 11.7. The fourth-order valence-electron chi connectivity index (χ4n) is 1.58. The number of hydrogen-bond acceptors (Lipinski definition) is 3. The van der Waals surface area contributed by atoms with Gasteiger partial charge in [-0.05, 0) is 35.3 Å². The zero-order valence-electron chi connectivity index (χ0n) is 9.35. The van der Waals surface area contributed by atoms with Gasteiger partial charge in [0.2, 0.25) is 0 Å². The van der Waals surface area contributed by atoms with Crippen LogP contribution in [0.2, 0.25) is 0 Å². The van der Waals surface area contributed by atoms with E-state index in [0.29, 0.717) is 0 Å². The van der Waals surface area contributed by atoms with Crippen LogP contribution in [0.4, 0.5) is 0 Å². The molecule has 0 saturated carbocycles. The molecular weight excluding hydrogens is 272 g/mol. The molecule has 1 heterocycles. The Bertz CT molecular complexity index is 297. The van der Waals surface area contributed by atoms with Gasteiger partial charge < -0.3 is 11.1 Å². The zero-order chi connectivity index (χ0) is 11.3. The summed E-state index contributed by atoms with van der Waals surface area (Å²) in [5, 5.41) is 5.51. The number of halogens is 1. The summed E-state index contributed by atoms with van der Waals surface area (Å²) in [5.41, 5.74) is 6.05. The van der Waals surface area contributed by atoms with Crippen LogP contribution in [0.1, 0.15) is 31.6 Å². The lowest BCUT2D eigenvalue weighted by molar-refractivity contribution is 0.397. The van der Waals surface area contributed by atoms with Crippen molar-refractivity contribution in [3.63, 3.8) is 0 Å². The van der Waals surface area contributed by atoms with Crippen LogP contribution < -0.4 is 11.1 Å². The third kappa shape index (κ3) is 5.11. The second-order valence-corrected chi connectivity index (χ2v) is 6.15. The van der Waals surface area contributed by atoms with Crippen molar-refractivity contribution in [1.82, 2.24) is 5.32 Å². The van der Waals surface area contributed by atoms with Crippen molar-refractivity contribution in [2.75, 3.05) is 6.54 Å². The maximum absolute atomic E-state index is 6.13. The van der Waals surface area contributed by atoms with Gasteiger partial charge in [0.15, 0.2) is 0 Å². The van der Waals surface area contributed by atoms with Gasteiger partial charge in [0.1, 0.15) is 0 Å². The fourth-order valence-corrected chi connectivity index (χ4v) is 3.00. The molecule has 2 nitrogen and oxygen atoms in total. The van der Waals surface area contributed by atoms with Crippen molar-refractivity contribution < 1.29 is 0 Å². The van der Waals surface area contributed by atoms with Crippen LogP contribution in [0, 0.1) is 0 Å². The molecule has 0 bridgehead atoms. The molecule has 1 aromatic heterocycles. The highest BCUT2D eigenvalue weighted by atomic mass is 79.9. The Morgan fingerprint density at radius 2 is 2.33 bits per heavy atom. The molecule has 1 aromatic rings. The van der Waals surface area contributed by atoms with Gasteiger partial charge >= 0.3 is 0 Å². The normalized spacial score (nSPS) is 15.2. The lowest BCUT2D eigenvalue weighted by Gasteiger charge is -2.24. The summed E-state index contributed by atoms with van der Waals surface area (Å²) in [4.78, 5) is 1.34. The average molecular weight is 291 g/mol. The molecule has 0 spiro atoms. The molecule has 0 aliphatic rings. The minimum Gasteiger partial charge on any atom is -0.324 e. The first-order chi connectivity index (χ1) is 7.03. The van der Waals surface area contributed by atoms with Crippen LogP contribution in [0.5, 0.6) is 0 Å². The summed E-state index contributed by atoms with van der Waals surface area (Å²) in [6.45, 7) is 6.05. The molecule has 1 unspecified atom stereocenters. The number of thiophene rings is 1. The maximum Gasteiger partial charge on any atom is 0.0300 e. The lowest BCUT2D eigenvalue weighted by atomic mass is 9.98. The van der Waals surface area contributed by atoms with E-state index in [1.807, 2.05) is 0 Å². The Hall–Kier alpha value is 0.1000. The lowest BCUT2D eigenvalue weighted by Crippen LogP contribution is -2.45. The first kappa shape index (κ1) is 13.2. The third-order valence-electron chi connectivity index (χ3n) is 2.27. The molecule has 4 heteroatoms. The van der Waals surface area contributed by atoms with E-state index >= 15 is 0 Å². The molecule has 0 aromatic carbocycles. The Morgan fingerprint density at radius 3 is 2.87 bits per heavy atom. The fraction of sp³-hybridized carbons (Fsp3) is 0.636. The second kappa shape index (κ2) is 5.99. The molecule has 1 atom stereocenters. The van der Waals surface area contributed by atoms with E-state index in [1.54, 1.807) is 11.3 Å². The molecule has 3 N–H and O–H groups in total. The van der Waals surface area contributed by atoms with Crippen molar-refractivity contribution in [3.05, 3.63) is 20.8 Å². The summed E-state index contributed by atoms with van der Waals surface area (Å²) in [5.74, 6) is 0. The first-order valence-corrected chi connectivity index (χ1v) is 6.93.